The lowest BCUT2D eigenvalue weighted by molar-refractivity contribution is 0.220. The second kappa shape index (κ2) is 5.17. The van der Waals surface area contributed by atoms with Crippen LogP contribution < -0.4 is 10.6 Å². The van der Waals surface area contributed by atoms with Crippen molar-refractivity contribution in [3.63, 3.8) is 0 Å². The van der Waals surface area contributed by atoms with Crippen LogP contribution in [-0.2, 0) is 0 Å². The third kappa shape index (κ3) is 2.95. The Morgan fingerprint density at radius 3 is 3.00 bits per heavy atom. The van der Waals surface area contributed by atoms with Gasteiger partial charge in [-0.3, -0.25) is 4.90 Å². The molecule has 0 radical (unpaired) electrons. The Morgan fingerprint density at radius 1 is 1.58 bits per heavy atom. The van der Waals surface area contributed by atoms with E-state index in [9.17, 15) is 0 Å². The average molecular weight is 284 g/mol. The highest BCUT2D eigenvalue weighted by atomic mass is 35.5. The van der Waals surface area contributed by atoms with Gasteiger partial charge in [0.05, 0.1) is 10.7 Å². The first-order valence-corrected chi connectivity index (χ1v) is 7.05. The van der Waals surface area contributed by atoms with Gasteiger partial charge in [-0.05, 0) is 25.7 Å². The predicted octanol–water partition coefficient (Wildman–Crippen LogP) is 2.24. The molecule has 2 N–H and O–H groups in total. The standard InChI is InChI=1S/C14H21ClN4/c1-10-8-18(9-11-2-3-11)4-5-19(10)14-6-13(16)12(15)7-17-14/h6-7,10-11H,2-5,8-9H2,1H3,(H2,16,17)/t10-/m0/s1/i9D2,11D. The maximum absolute atomic E-state index is 8.29. The van der Waals surface area contributed by atoms with Gasteiger partial charge >= 0.3 is 0 Å². The van der Waals surface area contributed by atoms with Crippen LogP contribution in [0.25, 0.3) is 0 Å². The predicted molar refractivity (Wildman–Crippen MR) is 79.6 cm³/mol. The monoisotopic (exact) mass is 283 g/mol. The third-order valence-electron chi connectivity index (χ3n) is 3.61. The lowest BCUT2D eigenvalue weighted by atomic mass is 10.1. The van der Waals surface area contributed by atoms with Crippen molar-refractivity contribution in [2.75, 3.05) is 36.8 Å². The van der Waals surface area contributed by atoms with E-state index in [1.807, 2.05) is 6.92 Å². The van der Waals surface area contributed by atoms with Crippen LogP contribution in [0, 0.1) is 5.89 Å². The van der Waals surface area contributed by atoms with Crippen molar-refractivity contribution < 1.29 is 4.11 Å². The minimum Gasteiger partial charge on any atom is -0.397 e. The fourth-order valence-electron chi connectivity index (χ4n) is 2.40. The van der Waals surface area contributed by atoms with E-state index in [2.05, 4.69) is 9.88 Å². The summed E-state index contributed by atoms with van der Waals surface area (Å²) in [7, 11) is 0. The Morgan fingerprint density at radius 2 is 2.37 bits per heavy atom. The highest BCUT2D eigenvalue weighted by Crippen LogP contribution is 2.31. The maximum atomic E-state index is 8.29. The molecule has 2 heterocycles. The summed E-state index contributed by atoms with van der Waals surface area (Å²) in [6, 6.07) is 1.86. The maximum Gasteiger partial charge on any atom is 0.130 e. The van der Waals surface area contributed by atoms with E-state index in [4.69, 9.17) is 21.4 Å². The van der Waals surface area contributed by atoms with Gasteiger partial charge in [0.2, 0.25) is 0 Å². The number of piperazine rings is 1. The summed E-state index contributed by atoms with van der Waals surface area (Å²) in [6.45, 7) is 2.27. The second-order valence-electron chi connectivity index (χ2n) is 5.27. The third-order valence-corrected chi connectivity index (χ3v) is 3.92. The summed E-state index contributed by atoms with van der Waals surface area (Å²) < 4.78 is 24.7. The molecule has 2 fully saturated rings. The van der Waals surface area contributed by atoms with Crippen molar-refractivity contribution >= 4 is 23.1 Å². The van der Waals surface area contributed by atoms with Gasteiger partial charge < -0.3 is 10.6 Å². The van der Waals surface area contributed by atoms with Gasteiger partial charge in [-0.25, -0.2) is 4.98 Å². The fraction of sp³-hybridized carbons (Fsp3) is 0.643. The largest absolute Gasteiger partial charge is 0.397 e. The van der Waals surface area contributed by atoms with Crippen molar-refractivity contribution in [2.45, 2.75) is 25.8 Å². The molecule has 0 unspecified atom stereocenters. The Kier molecular flexibility index (Phi) is 2.68. The number of anilines is 2. The molecule has 104 valence electrons. The molecule has 1 atom stereocenters. The van der Waals surface area contributed by atoms with Crippen LogP contribution in [0.5, 0.6) is 0 Å². The molecule has 1 aliphatic carbocycles. The summed E-state index contributed by atoms with van der Waals surface area (Å²) >= 11 is 5.91. The van der Waals surface area contributed by atoms with E-state index in [1.165, 1.54) is 0 Å². The van der Waals surface area contributed by atoms with Crippen LogP contribution in [0.1, 0.15) is 23.9 Å². The van der Waals surface area contributed by atoms with Gasteiger partial charge in [0, 0.05) is 48.5 Å². The zero-order chi connectivity index (χ0) is 16.1. The highest BCUT2D eigenvalue weighted by molar-refractivity contribution is 6.32. The lowest BCUT2D eigenvalue weighted by Gasteiger charge is -2.40. The Labute approximate surface area is 123 Å². The average Bonchev–Trinajstić information content (AvgIpc) is 3.22. The van der Waals surface area contributed by atoms with Crippen LogP contribution in [0.15, 0.2) is 12.3 Å². The molecule has 3 rings (SSSR count). The zero-order valence-corrected chi connectivity index (χ0v) is 11.8. The first-order valence-electron chi connectivity index (χ1n) is 8.17. The van der Waals surface area contributed by atoms with Crippen LogP contribution in [0.2, 0.25) is 5.02 Å². The van der Waals surface area contributed by atoms with Crippen LogP contribution in [0.3, 0.4) is 0 Å². The number of pyridine rings is 1. The number of nitrogen functional groups attached to an aromatic ring is 1. The van der Waals surface area contributed by atoms with Crippen molar-refractivity contribution in [1.29, 1.82) is 0 Å². The van der Waals surface area contributed by atoms with E-state index in [0.717, 1.165) is 5.82 Å². The minimum atomic E-state index is -1.57. The molecule has 0 aromatic carbocycles. The highest BCUT2D eigenvalue weighted by Gasteiger charge is 2.29. The topological polar surface area (TPSA) is 45.4 Å². The number of hydrogen-bond donors (Lipinski definition) is 1. The molecule has 19 heavy (non-hydrogen) atoms. The molecule has 0 spiro atoms. The molecule has 2 aliphatic rings. The van der Waals surface area contributed by atoms with E-state index in [1.54, 1.807) is 17.2 Å². The second-order valence-corrected chi connectivity index (χ2v) is 5.68. The molecule has 1 aromatic heterocycles. The first kappa shape index (κ1) is 9.83. The van der Waals surface area contributed by atoms with Crippen LogP contribution in [0.4, 0.5) is 11.5 Å². The van der Waals surface area contributed by atoms with Crippen molar-refractivity contribution in [1.82, 2.24) is 9.88 Å². The quantitative estimate of drug-likeness (QED) is 0.924. The van der Waals surface area contributed by atoms with E-state index < -0.39 is 12.4 Å². The molecule has 4 nitrogen and oxygen atoms in total. The molecule has 0 bridgehead atoms. The Balaban J connectivity index is 1.73. The molecule has 1 saturated heterocycles. The number of nitrogens with zero attached hydrogens (tertiary/aromatic N) is 3. The van der Waals surface area contributed by atoms with E-state index >= 15 is 0 Å². The summed E-state index contributed by atoms with van der Waals surface area (Å²) in [5.41, 5.74) is 6.34. The number of rotatable bonds is 3. The summed E-state index contributed by atoms with van der Waals surface area (Å²) in [6.07, 6.45) is 2.83. The summed E-state index contributed by atoms with van der Waals surface area (Å²) in [4.78, 5) is 8.24. The van der Waals surface area contributed by atoms with Gasteiger partial charge in [-0.15, -0.1) is 0 Å². The molecule has 1 saturated carbocycles. The lowest BCUT2D eigenvalue weighted by Crippen LogP contribution is -2.52. The Bertz CT molecular complexity index is 579. The number of halogens is 1. The molecular weight excluding hydrogens is 260 g/mol. The molecule has 1 aliphatic heterocycles. The normalized spacial score (nSPS) is 29.5. The zero-order valence-electron chi connectivity index (χ0n) is 14.1. The first-order chi connectivity index (χ1) is 10.2. The van der Waals surface area contributed by atoms with Gasteiger partial charge in [-0.1, -0.05) is 11.6 Å². The number of hydrogen-bond acceptors (Lipinski definition) is 4. The van der Waals surface area contributed by atoms with Gasteiger partial charge in [0.15, 0.2) is 0 Å². The van der Waals surface area contributed by atoms with Gasteiger partial charge in [0.1, 0.15) is 5.82 Å². The smallest absolute Gasteiger partial charge is 0.130 e. The van der Waals surface area contributed by atoms with Gasteiger partial charge in [0.25, 0.3) is 0 Å². The van der Waals surface area contributed by atoms with Gasteiger partial charge in [-0.2, -0.15) is 0 Å². The van der Waals surface area contributed by atoms with E-state index in [-0.39, 0.29) is 6.04 Å². The minimum absolute atomic E-state index is 0.0965. The van der Waals surface area contributed by atoms with Crippen LogP contribution in [-0.4, -0.2) is 42.1 Å². The molecule has 0 amide bonds. The molecule has 5 heteroatoms. The summed E-state index contributed by atoms with van der Waals surface area (Å²) in [5.74, 6) is -0.167. The van der Waals surface area contributed by atoms with Crippen LogP contribution >= 0.6 is 11.6 Å². The van der Waals surface area contributed by atoms with Crippen molar-refractivity contribution in [2.24, 2.45) is 5.89 Å². The van der Waals surface area contributed by atoms with Crippen molar-refractivity contribution in [3.05, 3.63) is 17.3 Å². The number of nitrogens with two attached hydrogens (primary N) is 1. The SMILES string of the molecule is [2H]C1(C([2H])([2H])N2CCN(c3cc(N)c(Cl)cn3)[C@@H](C)C2)CC1. The van der Waals surface area contributed by atoms with E-state index in [0.29, 0.717) is 43.2 Å². The summed E-state index contributed by atoms with van der Waals surface area (Å²) in [5, 5.41) is 0.441. The Hall–Kier alpha value is -1.00. The molecular formula is C14H21ClN4. The number of aromatic nitrogens is 1. The van der Waals surface area contributed by atoms with Crippen molar-refractivity contribution in [3.8, 4) is 0 Å². The fourth-order valence-corrected chi connectivity index (χ4v) is 2.50. The molecule has 1 aromatic rings.